The van der Waals surface area contributed by atoms with E-state index >= 15 is 0 Å². The molecule has 2 nitrogen and oxygen atoms in total. The van der Waals surface area contributed by atoms with Crippen LogP contribution in [-0.2, 0) is 0 Å². The van der Waals surface area contributed by atoms with Crippen molar-refractivity contribution in [2.45, 2.75) is 51.4 Å². The number of hydrogen-bond donors (Lipinski definition) is 0. The smallest absolute Gasteiger partial charge is 0.161 e. The van der Waals surface area contributed by atoms with Crippen molar-refractivity contribution < 1.29 is 9.47 Å². The monoisotopic (exact) mass is 434 g/mol. The second-order valence-corrected chi connectivity index (χ2v) is 6.94. The molecule has 4 heteroatoms. The van der Waals surface area contributed by atoms with Crippen LogP contribution in [0.5, 0.6) is 11.5 Å². The van der Waals surface area contributed by atoms with Gasteiger partial charge in [-0.3, -0.25) is 0 Å². The Kier molecular flexibility index (Phi) is 13.0. The summed E-state index contributed by atoms with van der Waals surface area (Å²) in [5.41, 5.74) is 0. The third-order valence-corrected chi connectivity index (χ3v) is 4.54. The molecule has 0 aliphatic carbocycles. The van der Waals surface area contributed by atoms with E-state index in [1.807, 2.05) is 24.3 Å². The van der Waals surface area contributed by atoms with Gasteiger partial charge in [0.05, 0.1) is 13.2 Å². The van der Waals surface area contributed by atoms with Gasteiger partial charge in [0.1, 0.15) is 0 Å². The van der Waals surface area contributed by atoms with Crippen molar-refractivity contribution in [3.63, 3.8) is 0 Å². The van der Waals surface area contributed by atoms with Gasteiger partial charge in [-0.1, -0.05) is 69.7 Å². The minimum absolute atomic E-state index is 0.772. The van der Waals surface area contributed by atoms with E-state index in [0.29, 0.717) is 0 Å². The Bertz CT molecular complexity index is 337. The molecule has 126 valence electrons. The summed E-state index contributed by atoms with van der Waals surface area (Å²) in [6.45, 7) is 1.54. The number of hydrogen-bond acceptors (Lipinski definition) is 2. The van der Waals surface area contributed by atoms with E-state index in [1.54, 1.807) is 0 Å². The molecule has 0 fully saturated rings. The molecule has 0 heterocycles. The highest BCUT2D eigenvalue weighted by molar-refractivity contribution is 9.09. The molecule has 0 saturated heterocycles. The molecule has 0 saturated carbocycles. The van der Waals surface area contributed by atoms with Gasteiger partial charge < -0.3 is 9.47 Å². The van der Waals surface area contributed by atoms with Gasteiger partial charge in [-0.05, 0) is 37.8 Å². The Labute approximate surface area is 152 Å². The van der Waals surface area contributed by atoms with Crippen molar-refractivity contribution in [1.82, 2.24) is 0 Å². The van der Waals surface area contributed by atoms with E-state index in [2.05, 4.69) is 31.9 Å². The standard InChI is InChI=1S/C18H28Br2O2/c19-13-7-1-3-9-15-21-17-11-5-6-12-18(17)22-16-10-4-2-8-14-20/h5-6,11-12H,1-4,7-10,13-16H2. The lowest BCUT2D eigenvalue weighted by Crippen LogP contribution is -2.02. The molecular formula is C18H28Br2O2. The van der Waals surface area contributed by atoms with E-state index in [0.717, 1.165) is 48.2 Å². The number of ether oxygens (including phenoxy) is 2. The van der Waals surface area contributed by atoms with Crippen LogP contribution in [0, 0.1) is 0 Å². The summed E-state index contributed by atoms with van der Waals surface area (Å²) in [5.74, 6) is 1.76. The number of para-hydroxylation sites is 2. The maximum Gasteiger partial charge on any atom is 0.161 e. The Morgan fingerprint density at radius 1 is 0.591 bits per heavy atom. The summed E-state index contributed by atoms with van der Waals surface area (Å²) in [7, 11) is 0. The average molecular weight is 436 g/mol. The number of halogens is 2. The third-order valence-electron chi connectivity index (χ3n) is 3.42. The summed E-state index contributed by atoms with van der Waals surface area (Å²) in [6, 6.07) is 8.00. The first-order valence-electron chi connectivity index (χ1n) is 8.35. The fraction of sp³-hybridized carbons (Fsp3) is 0.667. The topological polar surface area (TPSA) is 18.5 Å². The summed E-state index contributed by atoms with van der Waals surface area (Å²) in [6.07, 6.45) is 9.68. The fourth-order valence-electron chi connectivity index (χ4n) is 2.15. The van der Waals surface area contributed by atoms with E-state index in [9.17, 15) is 0 Å². The normalized spacial score (nSPS) is 10.6. The van der Waals surface area contributed by atoms with Crippen molar-refractivity contribution in [3.8, 4) is 11.5 Å². The molecule has 0 N–H and O–H groups in total. The van der Waals surface area contributed by atoms with Crippen LogP contribution in [0.3, 0.4) is 0 Å². The Morgan fingerprint density at radius 2 is 1.00 bits per heavy atom. The molecule has 1 aromatic rings. The van der Waals surface area contributed by atoms with Crippen molar-refractivity contribution in [2.75, 3.05) is 23.9 Å². The highest BCUT2D eigenvalue weighted by atomic mass is 79.9. The lowest BCUT2D eigenvalue weighted by molar-refractivity contribution is 0.259. The molecule has 1 rings (SSSR count). The molecule has 22 heavy (non-hydrogen) atoms. The van der Waals surface area contributed by atoms with Crippen LogP contribution >= 0.6 is 31.9 Å². The molecule has 0 atom stereocenters. The van der Waals surface area contributed by atoms with Gasteiger partial charge in [0.25, 0.3) is 0 Å². The minimum atomic E-state index is 0.772. The van der Waals surface area contributed by atoms with E-state index in [1.165, 1.54) is 38.5 Å². The van der Waals surface area contributed by atoms with Gasteiger partial charge in [0.15, 0.2) is 11.5 Å². The van der Waals surface area contributed by atoms with Gasteiger partial charge >= 0.3 is 0 Å². The van der Waals surface area contributed by atoms with Crippen LogP contribution in [0.4, 0.5) is 0 Å². The molecule has 0 unspecified atom stereocenters. The summed E-state index contributed by atoms with van der Waals surface area (Å²) >= 11 is 6.92. The minimum Gasteiger partial charge on any atom is -0.490 e. The van der Waals surface area contributed by atoms with Crippen molar-refractivity contribution in [1.29, 1.82) is 0 Å². The lowest BCUT2D eigenvalue weighted by Gasteiger charge is -2.12. The van der Waals surface area contributed by atoms with Crippen LogP contribution in [0.2, 0.25) is 0 Å². The predicted octanol–water partition coefficient (Wildman–Crippen LogP) is 6.35. The first-order valence-corrected chi connectivity index (χ1v) is 10.6. The first-order chi connectivity index (χ1) is 10.9. The fourth-order valence-corrected chi connectivity index (χ4v) is 2.95. The average Bonchev–Trinajstić information content (AvgIpc) is 2.55. The van der Waals surface area contributed by atoms with Crippen LogP contribution < -0.4 is 9.47 Å². The Morgan fingerprint density at radius 3 is 1.41 bits per heavy atom. The molecule has 0 aliphatic heterocycles. The van der Waals surface area contributed by atoms with E-state index in [-0.39, 0.29) is 0 Å². The molecule has 0 amide bonds. The molecule has 1 aromatic carbocycles. The van der Waals surface area contributed by atoms with Gasteiger partial charge in [-0.25, -0.2) is 0 Å². The number of benzene rings is 1. The summed E-state index contributed by atoms with van der Waals surface area (Å²) < 4.78 is 11.7. The van der Waals surface area contributed by atoms with Crippen LogP contribution in [0.25, 0.3) is 0 Å². The molecule has 0 spiro atoms. The second-order valence-electron chi connectivity index (χ2n) is 5.35. The van der Waals surface area contributed by atoms with Crippen molar-refractivity contribution >= 4 is 31.9 Å². The van der Waals surface area contributed by atoms with Crippen LogP contribution in [0.1, 0.15) is 51.4 Å². The first kappa shape index (κ1) is 19.8. The van der Waals surface area contributed by atoms with E-state index < -0.39 is 0 Å². The summed E-state index contributed by atoms with van der Waals surface area (Å²) in [5, 5.41) is 2.19. The molecule has 0 aliphatic rings. The third kappa shape index (κ3) is 9.73. The zero-order valence-corrected chi connectivity index (χ0v) is 16.5. The van der Waals surface area contributed by atoms with Gasteiger partial charge in [0, 0.05) is 10.7 Å². The zero-order valence-electron chi connectivity index (χ0n) is 13.4. The van der Waals surface area contributed by atoms with Gasteiger partial charge in [0.2, 0.25) is 0 Å². The number of rotatable bonds is 14. The largest absolute Gasteiger partial charge is 0.490 e. The maximum atomic E-state index is 5.87. The highest BCUT2D eigenvalue weighted by Gasteiger charge is 2.04. The molecule has 0 aromatic heterocycles. The molecule has 0 bridgehead atoms. The molecular weight excluding hydrogens is 408 g/mol. The van der Waals surface area contributed by atoms with Crippen molar-refractivity contribution in [2.24, 2.45) is 0 Å². The van der Waals surface area contributed by atoms with Crippen LogP contribution in [-0.4, -0.2) is 23.9 Å². The lowest BCUT2D eigenvalue weighted by atomic mass is 10.2. The van der Waals surface area contributed by atoms with Crippen molar-refractivity contribution in [3.05, 3.63) is 24.3 Å². The number of alkyl halides is 2. The van der Waals surface area contributed by atoms with Crippen LogP contribution in [0.15, 0.2) is 24.3 Å². The summed E-state index contributed by atoms with van der Waals surface area (Å²) in [4.78, 5) is 0. The van der Waals surface area contributed by atoms with E-state index in [4.69, 9.17) is 9.47 Å². The molecule has 0 radical (unpaired) electrons. The Hall–Kier alpha value is -0.220. The maximum absolute atomic E-state index is 5.87. The zero-order chi connectivity index (χ0) is 15.9. The second kappa shape index (κ2) is 14.4. The number of unbranched alkanes of at least 4 members (excludes halogenated alkanes) is 6. The quantitative estimate of drug-likeness (QED) is 0.250. The predicted molar refractivity (Wildman–Crippen MR) is 102 cm³/mol. The SMILES string of the molecule is BrCCCCCCOc1ccccc1OCCCCCCBr. The Balaban J connectivity index is 2.20. The van der Waals surface area contributed by atoms with Gasteiger partial charge in [-0.15, -0.1) is 0 Å². The highest BCUT2D eigenvalue weighted by Crippen LogP contribution is 2.27. The van der Waals surface area contributed by atoms with Gasteiger partial charge in [-0.2, -0.15) is 0 Å².